The van der Waals surface area contributed by atoms with Gasteiger partial charge in [-0.2, -0.15) is 0 Å². The van der Waals surface area contributed by atoms with E-state index in [1.54, 1.807) is 0 Å². The maximum atomic E-state index is 3.74. The van der Waals surface area contributed by atoms with Crippen LogP contribution >= 0.6 is 0 Å². The fourth-order valence-electron chi connectivity index (χ4n) is 3.17. The van der Waals surface area contributed by atoms with Crippen molar-refractivity contribution in [1.82, 2.24) is 10.2 Å². The van der Waals surface area contributed by atoms with Gasteiger partial charge >= 0.3 is 0 Å². The summed E-state index contributed by atoms with van der Waals surface area (Å²) in [7, 11) is 0. The van der Waals surface area contributed by atoms with E-state index in [0.717, 1.165) is 17.9 Å². The Balaban J connectivity index is 2.43. The highest BCUT2D eigenvalue weighted by molar-refractivity contribution is 4.83. The van der Waals surface area contributed by atoms with Crippen LogP contribution in [0.5, 0.6) is 0 Å². The van der Waals surface area contributed by atoms with Crippen LogP contribution in [0.4, 0.5) is 0 Å². The van der Waals surface area contributed by atoms with E-state index in [1.807, 2.05) is 0 Å². The molecular formula is C16H34N2. The molecule has 108 valence electrons. The van der Waals surface area contributed by atoms with E-state index < -0.39 is 0 Å². The van der Waals surface area contributed by atoms with Crippen molar-refractivity contribution in [1.29, 1.82) is 0 Å². The highest BCUT2D eigenvalue weighted by Crippen LogP contribution is 2.22. The topological polar surface area (TPSA) is 15.3 Å². The molecule has 0 radical (unpaired) electrons. The molecular weight excluding hydrogens is 220 g/mol. The first kappa shape index (κ1) is 16.0. The van der Waals surface area contributed by atoms with Gasteiger partial charge in [-0.05, 0) is 37.6 Å². The Morgan fingerprint density at radius 3 is 2.56 bits per heavy atom. The van der Waals surface area contributed by atoms with Gasteiger partial charge in [0.05, 0.1) is 0 Å². The van der Waals surface area contributed by atoms with Gasteiger partial charge in [0.25, 0.3) is 0 Å². The predicted octanol–water partition coefficient (Wildman–Crippen LogP) is 3.52. The Labute approximate surface area is 115 Å². The second-order valence-corrected chi connectivity index (χ2v) is 6.51. The third-order valence-corrected chi connectivity index (χ3v) is 3.89. The van der Waals surface area contributed by atoms with Crippen LogP contribution in [0.2, 0.25) is 0 Å². The van der Waals surface area contributed by atoms with E-state index in [-0.39, 0.29) is 0 Å². The molecule has 1 aliphatic rings. The number of unbranched alkanes of at least 4 members (excludes halogenated alkanes) is 1. The second-order valence-electron chi connectivity index (χ2n) is 6.51. The molecule has 1 fully saturated rings. The van der Waals surface area contributed by atoms with Crippen molar-refractivity contribution in [2.75, 3.05) is 26.2 Å². The first-order chi connectivity index (χ1) is 8.65. The molecule has 0 amide bonds. The van der Waals surface area contributed by atoms with Crippen molar-refractivity contribution < 1.29 is 0 Å². The molecule has 0 aromatic carbocycles. The fraction of sp³-hybridized carbons (Fsp3) is 1.00. The molecule has 0 spiro atoms. The molecule has 0 bridgehead atoms. The number of nitrogens with zero attached hydrogens (tertiary/aromatic N) is 1. The van der Waals surface area contributed by atoms with Crippen LogP contribution in [0.15, 0.2) is 0 Å². The Morgan fingerprint density at radius 1 is 1.17 bits per heavy atom. The first-order valence-corrected chi connectivity index (χ1v) is 8.11. The van der Waals surface area contributed by atoms with Crippen LogP contribution in [0.25, 0.3) is 0 Å². The summed E-state index contributed by atoms with van der Waals surface area (Å²) in [4.78, 5) is 2.70. The van der Waals surface area contributed by atoms with E-state index in [0.29, 0.717) is 0 Å². The minimum Gasteiger partial charge on any atom is -0.313 e. The molecule has 1 rings (SSSR count). The van der Waals surface area contributed by atoms with Gasteiger partial charge in [0.1, 0.15) is 0 Å². The summed E-state index contributed by atoms with van der Waals surface area (Å²) < 4.78 is 0. The standard InChI is InChI=1S/C16H34N2/c1-5-7-8-15-10-16(17-9-6-2)13-18(12-15)11-14(3)4/h14-17H,5-13H2,1-4H3. The maximum absolute atomic E-state index is 3.74. The lowest BCUT2D eigenvalue weighted by molar-refractivity contribution is 0.122. The lowest BCUT2D eigenvalue weighted by Gasteiger charge is -2.39. The third-order valence-electron chi connectivity index (χ3n) is 3.89. The summed E-state index contributed by atoms with van der Waals surface area (Å²) in [6, 6.07) is 0.735. The van der Waals surface area contributed by atoms with Gasteiger partial charge in [-0.15, -0.1) is 0 Å². The summed E-state index contributed by atoms with van der Waals surface area (Å²) in [6.45, 7) is 14.3. The summed E-state index contributed by atoms with van der Waals surface area (Å²) in [5, 5.41) is 3.74. The highest BCUT2D eigenvalue weighted by Gasteiger charge is 2.26. The first-order valence-electron chi connectivity index (χ1n) is 8.11. The van der Waals surface area contributed by atoms with Gasteiger partial charge in [-0.25, -0.2) is 0 Å². The van der Waals surface area contributed by atoms with Crippen LogP contribution in [-0.4, -0.2) is 37.1 Å². The Morgan fingerprint density at radius 2 is 1.94 bits per heavy atom. The van der Waals surface area contributed by atoms with Gasteiger partial charge in [0, 0.05) is 25.7 Å². The van der Waals surface area contributed by atoms with E-state index in [4.69, 9.17) is 0 Å². The molecule has 2 heteroatoms. The number of piperidine rings is 1. The minimum absolute atomic E-state index is 0.735. The summed E-state index contributed by atoms with van der Waals surface area (Å²) >= 11 is 0. The zero-order valence-electron chi connectivity index (χ0n) is 13.0. The number of hydrogen-bond acceptors (Lipinski definition) is 2. The molecule has 1 heterocycles. The van der Waals surface area contributed by atoms with Crippen molar-refractivity contribution >= 4 is 0 Å². The normalized spacial score (nSPS) is 25.8. The quantitative estimate of drug-likeness (QED) is 0.713. The van der Waals surface area contributed by atoms with Gasteiger partial charge in [-0.3, -0.25) is 0 Å². The molecule has 18 heavy (non-hydrogen) atoms. The van der Waals surface area contributed by atoms with Crippen LogP contribution in [0, 0.1) is 11.8 Å². The lowest BCUT2D eigenvalue weighted by Crippen LogP contribution is -2.50. The molecule has 1 N–H and O–H groups in total. The van der Waals surface area contributed by atoms with Crippen LogP contribution in [0.1, 0.15) is 59.8 Å². The molecule has 0 saturated carbocycles. The molecule has 2 unspecified atom stereocenters. The Bertz CT molecular complexity index is 187. The Kier molecular flexibility index (Phi) is 7.92. The average molecular weight is 254 g/mol. The molecule has 0 aromatic heterocycles. The van der Waals surface area contributed by atoms with E-state index in [2.05, 4.69) is 37.9 Å². The van der Waals surface area contributed by atoms with E-state index >= 15 is 0 Å². The zero-order valence-corrected chi connectivity index (χ0v) is 13.0. The van der Waals surface area contributed by atoms with Crippen LogP contribution in [-0.2, 0) is 0 Å². The van der Waals surface area contributed by atoms with E-state index in [9.17, 15) is 0 Å². The Hall–Kier alpha value is -0.0800. The maximum Gasteiger partial charge on any atom is 0.0198 e. The molecule has 1 aliphatic heterocycles. The van der Waals surface area contributed by atoms with Gasteiger partial charge in [0.15, 0.2) is 0 Å². The zero-order chi connectivity index (χ0) is 13.4. The third kappa shape index (κ3) is 6.19. The predicted molar refractivity (Wildman–Crippen MR) is 81.0 cm³/mol. The van der Waals surface area contributed by atoms with Crippen LogP contribution < -0.4 is 5.32 Å². The number of likely N-dealkylation sites (tertiary alicyclic amines) is 1. The van der Waals surface area contributed by atoms with E-state index in [1.165, 1.54) is 58.3 Å². The van der Waals surface area contributed by atoms with Crippen LogP contribution in [0.3, 0.4) is 0 Å². The lowest BCUT2D eigenvalue weighted by atomic mass is 9.89. The molecule has 1 saturated heterocycles. The second kappa shape index (κ2) is 8.92. The SMILES string of the molecule is CCCCC1CC(NCCC)CN(CC(C)C)C1. The number of nitrogens with one attached hydrogen (secondary N) is 1. The van der Waals surface area contributed by atoms with Crippen molar-refractivity contribution in [2.45, 2.75) is 65.8 Å². The number of hydrogen-bond donors (Lipinski definition) is 1. The van der Waals surface area contributed by atoms with Gasteiger partial charge in [-0.1, -0.05) is 40.5 Å². The molecule has 2 atom stereocenters. The van der Waals surface area contributed by atoms with Gasteiger partial charge in [0.2, 0.25) is 0 Å². The van der Waals surface area contributed by atoms with Crippen molar-refractivity contribution in [2.24, 2.45) is 11.8 Å². The van der Waals surface area contributed by atoms with Crippen molar-refractivity contribution in [3.63, 3.8) is 0 Å². The smallest absolute Gasteiger partial charge is 0.0198 e. The summed E-state index contributed by atoms with van der Waals surface area (Å²) in [5.74, 6) is 1.72. The highest BCUT2D eigenvalue weighted by atomic mass is 15.2. The van der Waals surface area contributed by atoms with Crippen molar-refractivity contribution in [3.05, 3.63) is 0 Å². The van der Waals surface area contributed by atoms with Gasteiger partial charge < -0.3 is 10.2 Å². The number of rotatable bonds is 8. The largest absolute Gasteiger partial charge is 0.313 e. The monoisotopic (exact) mass is 254 g/mol. The van der Waals surface area contributed by atoms with Crippen molar-refractivity contribution in [3.8, 4) is 0 Å². The summed E-state index contributed by atoms with van der Waals surface area (Å²) in [5.41, 5.74) is 0. The molecule has 2 nitrogen and oxygen atoms in total. The fourth-order valence-corrected chi connectivity index (χ4v) is 3.17. The molecule has 0 aromatic rings. The average Bonchev–Trinajstić information content (AvgIpc) is 2.33. The summed E-state index contributed by atoms with van der Waals surface area (Å²) in [6.07, 6.45) is 6.82. The molecule has 0 aliphatic carbocycles. The minimum atomic E-state index is 0.735.